The van der Waals surface area contributed by atoms with Crippen LogP contribution in [0.4, 0.5) is 5.95 Å². The first kappa shape index (κ1) is 18.8. The lowest BCUT2D eigenvalue weighted by molar-refractivity contribution is -0.119. The van der Waals surface area contributed by atoms with Crippen LogP contribution in [0.2, 0.25) is 0 Å². The highest BCUT2D eigenvalue weighted by atomic mass is 16.2. The van der Waals surface area contributed by atoms with E-state index in [0.717, 1.165) is 12.0 Å². The van der Waals surface area contributed by atoms with Crippen LogP contribution >= 0.6 is 0 Å². The molecular formula is C20H25N5O2. The monoisotopic (exact) mass is 367 g/mol. The molecule has 0 spiro atoms. The van der Waals surface area contributed by atoms with Crippen LogP contribution in [0.3, 0.4) is 0 Å². The molecular weight excluding hydrogens is 342 g/mol. The average molecular weight is 367 g/mol. The van der Waals surface area contributed by atoms with E-state index in [1.807, 2.05) is 18.2 Å². The molecule has 1 fully saturated rings. The van der Waals surface area contributed by atoms with Crippen molar-refractivity contribution < 1.29 is 9.59 Å². The van der Waals surface area contributed by atoms with Crippen molar-refractivity contribution in [3.8, 4) is 0 Å². The summed E-state index contributed by atoms with van der Waals surface area (Å²) >= 11 is 0. The fourth-order valence-corrected chi connectivity index (χ4v) is 3.06. The minimum absolute atomic E-state index is 0.118. The standard InChI is InChI=1S/C20H25N5O2/c1-16(2)25(14-17-6-4-3-5-7-17)20-21-9-8-18(22-20)19(27)24-12-10-23(15-26)11-13-24/h3-9,15-16H,10-14H2,1-2H3. The van der Waals surface area contributed by atoms with Gasteiger partial charge >= 0.3 is 0 Å². The molecule has 0 atom stereocenters. The molecule has 1 aliphatic heterocycles. The Balaban J connectivity index is 1.77. The van der Waals surface area contributed by atoms with Crippen molar-refractivity contribution >= 4 is 18.3 Å². The van der Waals surface area contributed by atoms with Gasteiger partial charge in [-0.2, -0.15) is 0 Å². The van der Waals surface area contributed by atoms with Crippen molar-refractivity contribution in [1.82, 2.24) is 19.8 Å². The van der Waals surface area contributed by atoms with Crippen molar-refractivity contribution in [3.05, 3.63) is 53.9 Å². The summed E-state index contributed by atoms with van der Waals surface area (Å²) in [6.45, 7) is 7.00. The summed E-state index contributed by atoms with van der Waals surface area (Å²) in [6.07, 6.45) is 2.46. The van der Waals surface area contributed by atoms with Gasteiger partial charge in [0.25, 0.3) is 5.91 Å². The molecule has 2 amide bonds. The second-order valence-electron chi connectivity index (χ2n) is 6.88. The van der Waals surface area contributed by atoms with Crippen LogP contribution in [-0.2, 0) is 11.3 Å². The molecule has 0 saturated carbocycles. The minimum atomic E-state index is -0.118. The number of carbonyl (C=O) groups excluding carboxylic acids is 2. The van der Waals surface area contributed by atoms with Gasteiger partial charge in [-0.1, -0.05) is 30.3 Å². The van der Waals surface area contributed by atoms with Crippen molar-refractivity contribution in [2.75, 3.05) is 31.1 Å². The van der Waals surface area contributed by atoms with Crippen LogP contribution in [0.5, 0.6) is 0 Å². The van der Waals surface area contributed by atoms with Gasteiger partial charge in [0.1, 0.15) is 5.69 Å². The quantitative estimate of drug-likeness (QED) is 0.728. The fourth-order valence-electron chi connectivity index (χ4n) is 3.06. The van der Waals surface area contributed by atoms with Gasteiger partial charge < -0.3 is 14.7 Å². The SMILES string of the molecule is CC(C)N(Cc1ccccc1)c1nccc(C(=O)N2CCN(C=O)CC2)n1. The molecule has 7 heteroatoms. The minimum Gasteiger partial charge on any atom is -0.342 e. The van der Waals surface area contributed by atoms with E-state index in [0.29, 0.717) is 44.4 Å². The summed E-state index contributed by atoms with van der Waals surface area (Å²) < 4.78 is 0. The van der Waals surface area contributed by atoms with Crippen LogP contribution < -0.4 is 4.90 Å². The Morgan fingerprint density at radius 3 is 2.48 bits per heavy atom. The molecule has 0 unspecified atom stereocenters. The Labute approximate surface area is 159 Å². The highest BCUT2D eigenvalue weighted by Crippen LogP contribution is 2.17. The Bertz CT molecular complexity index is 773. The van der Waals surface area contributed by atoms with Gasteiger partial charge in [0.2, 0.25) is 12.4 Å². The molecule has 1 saturated heterocycles. The van der Waals surface area contributed by atoms with Crippen LogP contribution in [-0.4, -0.2) is 64.3 Å². The number of rotatable bonds is 6. The lowest BCUT2D eigenvalue weighted by Crippen LogP contribution is -2.48. The van der Waals surface area contributed by atoms with Crippen molar-refractivity contribution in [2.24, 2.45) is 0 Å². The summed E-state index contributed by atoms with van der Waals surface area (Å²) in [6, 6.07) is 12.0. The second kappa shape index (κ2) is 8.62. The maximum atomic E-state index is 12.8. The Kier molecular flexibility index (Phi) is 6.01. The van der Waals surface area contributed by atoms with Gasteiger partial charge in [0.05, 0.1) is 0 Å². The third-order valence-corrected chi connectivity index (χ3v) is 4.69. The molecule has 7 nitrogen and oxygen atoms in total. The highest BCUT2D eigenvalue weighted by Gasteiger charge is 2.23. The summed E-state index contributed by atoms with van der Waals surface area (Å²) in [5.41, 5.74) is 1.55. The second-order valence-corrected chi connectivity index (χ2v) is 6.88. The normalized spacial score (nSPS) is 14.3. The van der Waals surface area contributed by atoms with Gasteiger partial charge in [-0.3, -0.25) is 9.59 Å². The van der Waals surface area contributed by atoms with E-state index in [1.54, 1.807) is 22.1 Å². The average Bonchev–Trinajstić information content (AvgIpc) is 2.72. The lowest BCUT2D eigenvalue weighted by atomic mass is 10.2. The van der Waals surface area contributed by atoms with Crippen LogP contribution in [0.25, 0.3) is 0 Å². The number of carbonyl (C=O) groups is 2. The fraction of sp³-hybridized carbons (Fsp3) is 0.400. The smallest absolute Gasteiger partial charge is 0.272 e. The van der Waals surface area contributed by atoms with Gasteiger partial charge in [-0.15, -0.1) is 0 Å². The molecule has 1 aromatic carbocycles. The third kappa shape index (κ3) is 4.61. The lowest BCUT2D eigenvalue weighted by Gasteiger charge is -2.32. The summed E-state index contributed by atoms with van der Waals surface area (Å²) in [5, 5.41) is 0. The van der Waals surface area contributed by atoms with E-state index in [9.17, 15) is 9.59 Å². The molecule has 27 heavy (non-hydrogen) atoms. The summed E-state index contributed by atoms with van der Waals surface area (Å²) in [4.78, 5) is 38.1. The van der Waals surface area contributed by atoms with E-state index in [-0.39, 0.29) is 11.9 Å². The molecule has 3 rings (SSSR count). The first-order valence-corrected chi connectivity index (χ1v) is 9.20. The topological polar surface area (TPSA) is 69.6 Å². The molecule has 0 N–H and O–H groups in total. The Morgan fingerprint density at radius 1 is 1.15 bits per heavy atom. The maximum Gasteiger partial charge on any atom is 0.272 e. The Hall–Kier alpha value is -2.96. The zero-order chi connectivity index (χ0) is 19.2. The summed E-state index contributed by atoms with van der Waals surface area (Å²) in [7, 11) is 0. The summed E-state index contributed by atoms with van der Waals surface area (Å²) in [5.74, 6) is 0.429. The molecule has 0 radical (unpaired) electrons. The number of nitrogens with zero attached hydrogens (tertiary/aromatic N) is 5. The zero-order valence-corrected chi connectivity index (χ0v) is 15.8. The zero-order valence-electron chi connectivity index (χ0n) is 15.8. The van der Waals surface area contributed by atoms with E-state index < -0.39 is 0 Å². The van der Waals surface area contributed by atoms with Crippen LogP contribution in [0.15, 0.2) is 42.6 Å². The van der Waals surface area contributed by atoms with Gasteiger partial charge in [0, 0.05) is 45.0 Å². The highest BCUT2D eigenvalue weighted by molar-refractivity contribution is 5.92. The van der Waals surface area contributed by atoms with Crippen LogP contribution in [0.1, 0.15) is 29.9 Å². The molecule has 142 valence electrons. The molecule has 2 aromatic rings. The van der Waals surface area contributed by atoms with Gasteiger partial charge in [-0.05, 0) is 25.5 Å². The van der Waals surface area contributed by atoms with Crippen LogP contribution in [0, 0.1) is 0 Å². The molecule has 0 aliphatic carbocycles. The molecule has 0 bridgehead atoms. The Morgan fingerprint density at radius 2 is 1.85 bits per heavy atom. The molecule has 1 aliphatic rings. The van der Waals surface area contributed by atoms with Gasteiger partial charge in [-0.25, -0.2) is 9.97 Å². The van der Waals surface area contributed by atoms with Crippen molar-refractivity contribution in [1.29, 1.82) is 0 Å². The van der Waals surface area contributed by atoms with Crippen molar-refractivity contribution in [2.45, 2.75) is 26.4 Å². The number of aromatic nitrogens is 2. The van der Waals surface area contributed by atoms with Gasteiger partial charge in [0.15, 0.2) is 0 Å². The molecule has 1 aromatic heterocycles. The number of hydrogen-bond donors (Lipinski definition) is 0. The number of benzene rings is 1. The van der Waals surface area contributed by atoms with E-state index in [2.05, 4.69) is 40.8 Å². The third-order valence-electron chi connectivity index (χ3n) is 4.69. The van der Waals surface area contributed by atoms with E-state index in [4.69, 9.17) is 0 Å². The predicted molar refractivity (Wildman–Crippen MR) is 103 cm³/mol. The maximum absolute atomic E-state index is 12.8. The number of anilines is 1. The largest absolute Gasteiger partial charge is 0.342 e. The first-order valence-electron chi connectivity index (χ1n) is 9.20. The number of amides is 2. The predicted octanol–water partition coefficient (Wildman–Crippen LogP) is 1.81. The van der Waals surface area contributed by atoms with E-state index in [1.165, 1.54) is 0 Å². The van der Waals surface area contributed by atoms with Crippen molar-refractivity contribution in [3.63, 3.8) is 0 Å². The first-order chi connectivity index (χ1) is 13.1. The molecule has 2 heterocycles. The number of hydrogen-bond acceptors (Lipinski definition) is 5. The van der Waals surface area contributed by atoms with E-state index >= 15 is 0 Å². The number of piperazine rings is 1.